The van der Waals surface area contributed by atoms with Gasteiger partial charge in [0.15, 0.2) is 5.78 Å². The lowest BCUT2D eigenvalue weighted by atomic mass is 9.86. The Morgan fingerprint density at radius 1 is 0.864 bits per heavy atom. The topological polar surface area (TPSA) is 43.4 Å². The van der Waals surface area contributed by atoms with Crippen LogP contribution in [0.5, 0.6) is 0 Å². The summed E-state index contributed by atoms with van der Waals surface area (Å²) in [5, 5.41) is 0. The third kappa shape index (κ3) is 1.76. The SMILES string of the molecule is Cc1cccc(C2=C3C(=CC(=O)c4ccccc43)OC2=O)c1. The lowest BCUT2D eigenvalue weighted by molar-refractivity contribution is -0.131. The molecule has 3 heteroatoms. The largest absolute Gasteiger partial charge is 0.422 e. The van der Waals surface area contributed by atoms with Crippen LogP contribution in [0.25, 0.3) is 11.1 Å². The summed E-state index contributed by atoms with van der Waals surface area (Å²) < 4.78 is 5.33. The van der Waals surface area contributed by atoms with E-state index >= 15 is 0 Å². The van der Waals surface area contributed by atoms with Gasteiger partial charge in [-0.3, -0.25) is 4.79 Å². The van der Waals surface area contributed by atoms with Crippen molar-refractivity contribution >= 4 is 22.9 Å². The van der Waals surface area contributed by atoms with Gasteiger partial charge in [0.05, 0.1) is 5.57 Å². The van der Waals surface area contributed by atoms with Crippen LogP contribution >= 0.6 is 0 Å². The van der Waals surface area contributed by atoms with Crippen LogP contribution in [-0.2, 0) is 9.53 Å². The molecule has 1 aliphatic heterocycles. The number of benzene rings is 2. The predicted octanol–water partition coefficient (Wildman–Crippen LogP) is 3.54. The number of aryl methyl sites for hydroxylation is 1. The van der Waals surface area contributed by atoms with Gasteiger partial charge in [-0.2, -0.15) is 0 Å². The van der Waals surface area contributed by atoms with Crippen molar-refractivity contribution < 1.29 is 14.3 Å². The van der Waals surface area contributed by atoms with Crippen LogP contribution in [0.4, 0.5) is 0 Å². The van der Waals surface area contributed by atoms with Gasteiger partial charge in [-0.1, -0.05) is 54.1 Å². The average Bonchev–Trinajstić information content (AvgIpc) is 2.83. The minimum atomic E-state index is -0.406. The molecule has 0 radical (unpaired) electrons. The van der Waals surface area contributed by atoms with Crippen molar-refractivity contribution in [2.75, 3.05) is 0 Å². The summed E-state index contributed by atoms with van der Waals surface area (Å²) in [7, 11) is 0. The number of allylic oxidation sites excluding steroid dienone is 2. The fourth-order valence-corrected chi connectivity index (χ4v) is 2.97. The third-order valence-corrected chi connectivity index (χ3v) is 3.93. The van der Waals surface area contributed by atoms with Gasteiger partial charge in [-0.15, -0.1) is 0 Å². The van der Waals surface area contributed by atoms with Gasteiger partial charge in [-0.25, -0.2) is 4.79 Å². The van der Waals surface area contributed by atoms with Crippen LogP contribution in [0.15, 0.2) is 60.4 Å². The summed E-state index contributed by atoms with van der Waals surface area (Å²) in [5.74, 6) is -0.186. The first-order valence-electron chi connectivity index (χ1n) is 7.04. The molecule has 0 saturated carbocycles. The minimum absolute atomic E-state index is 0.132. The Kier molecular flexibility index (Phi) is 2.63. The molecule has 0 fully saturated rings. The van der Waals surface area contributed by atoms with E-state index in [1.165, 1.54) is 6.08 Å². The first-order valence-corrected chi connectivity index (χ1v) is 7.04. The normalized spacial score (nSPS) is 16.1. The van der Waals surface area contributed by atoms with E-state index in [1.807, 2.05) is 49.4 Å². The van der Waals surface area contributed by atoms with Crippen LogP contribution in [0, 0.1) is 6.92 Å². The number of fused-ring (bicyclic) bond motifs is 3. The molecule has 106 valence electrons. The molecule has 0 amide bonds. The Labute approximate surface area is 127 Å². The van der Waals surface area contributed by atoms with Crippen LogP contribution in [0.3, 0.4) is 0 Å². The molecule has 1 heterocycles. The average molecular weight is 288 g/mol. The molecule has 0 spiro atoms. The Hall–Kier alpha value is -2.94. The maximum Gasteiger partial charge on any atom is 0.344 e. The van der Waals surface area contributed by atoms with E-state index in [1.54, 1.807) is 6.07 Å². The molecule has 0 aromatic heterocycles. The molecular weight excluding hydrogens is 276 g/mol. The molecule has 2 aromatic carbocycles. The highest BCUT2D eigenvalue weighted by atomic mass is 16.5. The van der Waals surface area contributed by atoms with Crippen molar-refractivity contribution in [2.24, 2.45) is 0 Å². The van der Waals surface area contributed by atoms with Gasteiger partial charge < -0.3 is 4.74 Å². The molecule has 0 N–H and O–H groups in total. The summed E-state index contributed by atoms with van der Waals surface area (Å²) in [5.41, 5.74) is 4.47. The first kappa shape index (κ1) is 12.8. The fraction of sp³-hybridized carbons (Fsp3) is 0.0526. The number of carbonyl (C=O) groups excluding carboxylic acids is 2. The number of rotatable bonds is 1. The summed E-state index contributed by atoms with van der Waals surface area (Å²) in [6, 6.07) is 15.0. The number of esters is 1. The highest BCUT2D eigenvalue weighted by Gasteiger charge is 2.36. The molecule has 0 atom stereocenters. The van der Waals surface area contributed by atoms with Gasteiger partial charge in [0.2, 0.25) is 0 Å². The van der Waals surface area contributed by atoms with Crippen molar-refractivity contribution in [3.8, 4) is 0 Å². The Morgan fingerprint density at radius 3 is 2.41 bits per heavy atom. The standard InChI is InChI=1S/C19H12O3/c1-11-5-4-6-12(9-11)17-18-14-8-3-2-7-13(14)15(20)10-16(18)22-19(17)21/h2-10H,1H3. The summed E-state index contributed by atoms with van der Waals surface area (Å²) in [4.78, 5) is 24.5. The second-order valence-electron chi connectivity index (χ2n) is 5.43. The van der Waals surface area contributed by atoms with Crippen LogP contribution in [-0.4, -0.2) is 11.8 Å². The van der Waals surface area contributed by atoms with Gasteiger partial charge in [0.25, 0.3) is 0 Å². The molecule has 2 aromatic rings. The van der Waals surface area contributed by atoms with E-state index in [0.717, 1.165) is 16.7 Å². The van der Waals surface area contributed by atoms with Gasteiger partial charge in [0, 0.05) is 17.2 Å². The van der Waals surface area contributed by atoms with Crippen molar-refractivity contribution in [3.05, 3.63) is 82.6 Å². The van der Waals surface area contributed by atoms with Gasteiger partial charge >= 0.3 is 5.97 Å². The quantitative estimate of drug-likeness (QED) is 0.754. The number of hydrogen-bond acceptors (Lipinski definition) is 3. The zero-order chi connectivity index (χ0) is 15.3. The number of ketones is 1. The van der Waals surface area contributed by atoms with E-state index in [0.29, 0.717) is 22.5 Å². The highest BCUT2D eigenvalue weighted by Crippen LogP contribution is 2.43. The van der Waals surface area contributed by atoms with Gasteiger partial charge in [-0.05, 0) is 18.1 Å². The molecule has 0 bridgehead atoms. The molecule has 1 aliphatic carbocycles. The zero-order valence-corrected chi connectivity index (χ0v) is 11.9. The molecule has 0 unspecified atom stereocenters. The molecule has 2 aliphatic rings. The lowest BCUT2D eigenvalue weighted by Gasteiger charge is -2.14. The van der Waals surface area contributed by atoms with E-state index in [-0.39, 0.29) is 5.78 Å². The minimum Gasteiger partial charge on any atom is -0.422 e. The maximum atomic E-state index is 12.3. The van der Waals surface area contributed by atoms with E-state index < -0.39 is 5.97 Å². The van der Waals surface area contributed by atoms with Crippen LogP contribution in [0.2, 0.25) is 0 Å². The van der Waals surface area contributed by atoms with Crippen LogP contribution < -0.4 is 0 Å². The van der Waals surface area contributed by atoms with Crippen molar-refractivity contribution in [1.82, 2.24) is 0 Å². The Balaban J connectivity index is 2.05. The maximum absolute atomic E-state index is 12.3. The van der Waals surface area contributed by atoms with E-state index in [9.17, 15) is 9.59 Å². The van der Waals surface area contributed by atoms with E-state index in [4.69, 9.17) is 4.74 Å². The molecule has 22 heavy (non-hydrogen) atoms. The van der Waals surface area contributed by atoms with Crippen molar-refractivity contribution in [3.63, 3.8) is 0 Å². The monoisotopic (exact) mass is 288 g/mol. The molecule has 4 rings (SSSR count). The highest BCUT2D eigenvalue weighted by molar-refractivity contribution is 6.33. The third-order valence-electron chi connectivity index (χ3n) is 3.93. The second kappa shape index (κ2) is 4.53. The summed E-state index contributed by atoms with van der Waals surface area (Å²) in [6.45, 7) is 1.98. The van der Waals surface area contributed by atoms with Gasteiger partial charge in [0.1, 0.15) is 5.76 Å². The summed E-state index contributed by atoms with van der Waals surface area (Å²) in [6.07, 6.45) is 1.40. The van der Waals surface area contributed by atoms with Crippen molar-refractivity contribution in [2.45, 2.75) is 6.92 Å². The summed E-state index contributed by atoms with van der Waals surface area (Å²) >= 11 is 0. The Morgan fingerprint density at radius 2 is 1.64 bits per heavy atom. The lowest BCUT2D eigenvalue weighted by Crippen LogP contribution is -2.08. The predicted molar refractivity (Wildman–Crippen MR) is 82.9 cm³/mol. The smallest absolute Gasteiger partial charge is 0.344 e. The fourth-order valence-electron chi connectivity index (χ4n) is 2.97. The van der Waals surface area contributed by atoms with Crippen LogP contribution in [0.1, 0.15) is 27.0 Å². The molecule has 0 saturated heterocycles. The first-order chi connectivity index (χ1) is 10.6. The Bertz CT molecular complexity index is 900. The second-order valence-corrected chi connectivity index (χ2v) is 5.43. The molecular formula is C19H12O3. The number of carbonyl (C=O) groups is 2. The molecule has 3 nitrogen and oxygen atoms in total. The number of ether oxygens (including phenoxy) is 1. The van der Waals surface area contributed by atoms with Crippen molar-refractivity contribution in [1.29, 1.82) is 0 Å². The zero-order valence-electron chi connectivity index (χ0n) is 11.9. The number of hydrogen-bond donors (Lipinski definition) is 0. The van der Waals surface area contributed by atoms with E-state index in [2.05, 4.69) is 0 Å².